The van der Waals surface area contributed by atoms with Crippen LogP contribution in [0.25, 0.3) is 0 Å². The summed E-state index contributed by atoms with van der Waals surface area (Å²) in [5.74, 6) is -0.589. The highest BCUT2D eigenvalue weighted by molar-refractivity contribution is 8.01. The van der Waals surface area contributed by atoms with Gasteiger partial charge in [-0.3, -0.25) is 14.4 Å². The molecule has 2 heterocycles. The fourth-order valence-electron chi connectivity index (χ4n) is 3.90. The first kappa shape index (κ1) is 20.7. The van der Waals surface area contributed by atoms with Crippen LogP contribution in [0.2, 0.25) is 0 Å². The van der Waals surface area contributed by atoms with Gasteiger partial charge in [-0.1, -0.05) is 38.0 Å². The Labute approximate surface area is 170 Å². The monoisotopic (exact) mass is 403 g/mol. The zero-order chi connectivity index (χ0) is 20.5. The van der Waals surface area contributed by atoms with Crippen molar-refractivity contribution in [1.82, 2.24) is 15.5 Å². The first-order chi connectivity index (χ1) is 13.3. The van der Waals surface area contributed by atoms with E-state index in [0.29, 0.717) is 12.1 Å². The molecular formula is C21H29N3O3S. The number of fused-ring (bicyclic) bond motifs is 3. The number of rotatable bonds is 7. The lowest BCUT2D eigenvalue weighted by Crippen LogP contribution is -2.56. The van der Waals surface area contributed by atoms with Gasteiger partial charge in [-0.25, -0.2) is 0 Å². The standard InChI is InChI=1S/C21H29N3O3S/c1-5-6-9-12-22-17(25)13(2)23-18(26)16-21(3,4)28-20-15-11-8-7-10-14(15)19(27)24(16)20/h7-8,10-11,13,16,20H,5-6,9,12H2,1-4H3,(H,22,25)(H,23,26)/t13-,16+,20+/m0/s1. The highest BCUT2D eigenvalue weighted by Crippen LogP contribution is 2.56. The second-order valence-corrected chi connectivity index (χ2v) is 9.74. The molecule has 7 heteroatoms. The third-order valence-corrected chi connectivity index (χ3v) is 6.91. The predicted octanol–water partition coefficient (Wildman–Crippen LogP) is 2.85. The van der Waals surface area contributed by atoms with E-state index < -0.39 is 16.8 Å². The number of amides is 3. The second kappa shape index (κ2) is 8.15. The molecule has 6 nitrogen and oxygen atoms in total. The Hall–Kier alpha value is -2.02. The van der Waals surface area contributed by atoms with E-state index in [1.165, 1.54) is 0 Å². The SMILES string of the molecule is CCCCCNC(=O)[C@H](C)NC(=O)[C@H]1N2C(=O)c3ccccc3[C@H]2SC1(C)C. The van der Waals surface area contributed by atoms with Crippen molar-refractivity contribution in [2.75, 3.05) is 6.54 Å². The van der Waals surface area contributed by atoms with Gasteiger partial charge in [0.15, 0.2) is 0 Å². The molecule has 0 unspecified atom stereocenters. The van der Waals surface area contributed by atoms with Gasteiger partial charge in [0.05, 0.1) is 0 Å². The molecule has 0 aromatic heterocycles. The molecule has 3 rings (SSSR count). The topological polar surface area (TPSA) is 78.5 Å². The van der Waals surface area contributed by atoms with Gasteiger partial charge in [-0.05, 0) is 38.8 Å². The minimum Gasteiger partial charge on any atom is -0.354 e. The van der Waals surface area contributed by atoms with Crippen molar-refractivity contribution in [1.29, 1.82) is 0 Å². The number of unbranched alkanes of at least 4 members (excludes halogenated alkanes) is 2. The van der Waals surface area contributed by atoms with Crippen molar-refractivity contribution < 1.29 is 14.4 Å². The van der Waals surface area contributed by atoms with Gasteiger partial charge in [0, 0.05) is 16.9 Å². The maximum atomic E-state index is 13.1. The number of benzene rings is 1. The average Bonchev–Trinajstić information content (AvgIpc) is 3.08. The Balaban J connectivity index is 1.69. The lowest BCUT2D eigenvalue weighted by molar-refractivity contribution is -0.131. The minimum absolute atomic E-state index is 0.115. The minimum atomic E-state index is -0.644. The second-order valence-electron chi connectivity index (χ2n) is 8.00. The van der Waals surface area contributed by atoms with Gasteiger partial charge in [0.1, 0.15) is 17.5 Å². The van der Waals surface area contributed by atoms with Crippen molar-refractivity contribution in [3.8, 4) is 0 Å². The van der Waals surface area contributed by atoms with E-state index in [9.17, 15) is 14.4 Å². The average molecular weight is 404 g/mol. The number of thioether (sulfide) groups is 1. The smallest absolute Gasteiger partial charge is 0.256 e. The zero-order valence-corrected chi connectivity index (χ0v) is 17.8. The van der Waals surface area contributed by atoms with Crippen molar-refractivity contribution in [2.45, 2.75) is 69.2 Å². The molecular weight excluding hydrogens is 374 g/mol. The van der Waals surface area contributed by atoms with E-state index in [4.69, 9.17) is 0 Å². The van der Waals surface area contributed by atoms with Crippen LogP contribution in [-0.4, -0.2) is 46.0 Å². The quantitative estimate of drug-likeness (QED) is 0.686. The Morgan fingerprint density at radius 3 is 2.68 bits per heavy atom. The van der Waals surface area contributed by atoms with Gasteiger partial charge in [-0.15, -0.1) is 11.8 Å². The van der Waals surface area contributed by atoms with Crippen LogP contribution in [-0.2, 0) is 9.59 Å². The third-order valence-electron chi connectivity index (χ3n) is 5.38. The number of hydrogen-bond acceptors (Lipinski definition) is 4. The van der Waals surface area contributed by atoms with Crippen LogP contribution >= 0.6 is 11.8 Å². The van der Waals surface area contributed by atoms with Gasteiger partial charge in [0.25, 0.3) is 5.91 Å². The van der Waals surface area contributed by atoms with E-state index in [0.717, 1.165) is 24.8 Å². The van der Waals surface area contributed by atoms with Gasteiger partial charge < -0.3 is 15.5 Å². The Bertz CT molecular complexity index is 780. The summed E-state index contributed by atoms with van der Waals surface area (Å²) < 4.78 is -0.449. The van der Waals surface area contributed by atoms with E-state index in [1.807, 2.05) is 38.1 Å². The lowest BCUT2D eigenvalue weighted by Gasteiger charge is -2.30. The number of carbonyl (C=O) groups is 3. The number of carbonyl (C=O) groups excluding carboxylic acids is 3. The van der Waals surface area contributed by atoms with Crippen LogP contribution in [0.5, 0.6) is 0 Å². The van der Waals surface area contributed by atoms with Gasteiger partial charge in [0.2, 0.25) is 11.8 Å². The number of nitrogens with zero attached hydrogens (tertiary/aromatic N) is 1. The molecule has 1 fully saturated rings. The largest absolute Gasteiger partial charge is 0.354 e. The van der Waals surface area contributed by atoms with E-state index in [-0.39, 0.29) is 23.1 Å². The first-order valence-electron chi connectivity index (χ1n) is 9.95. The summed E-state index contributed by atoms with van der Waals surface area (Å²) in [6.45, 7) is 8.36. The molecule has 3 atom stereocenters. The summed E-state index contributed by atoms with van der Waals surface area (Å²) in [6, 6.07) is 6.25. The van der Waals surface area contributed by atoms with Crippen molar-refractivity contribution in [2.24, 2.45) is 0 Å². The van der Waals surface area contributed by atoms with Crippen LogP contribution in [0.4, 0.5) is 0 Å². The summed E-state index contributed by atoms with van der Waals surface area (Å²) in [5, 5.41) is 5.52. The van der Waals surface area contributed by atoms with Crippen LogP contribution in [0.1, 0.15) is 68.3 Å². The molecule has 3 amide bonds. The normalized spacial score (nSPS) is 23.1. The molecule has 1 aromatic carbocycles. The zero-order valence-electron chi connectivity index (χ0n) is 17.0. The highest BCUT2D eigenvalue weighted by Gasteiger charge is 2.57. The van der Waals surface area contributed by atoms with Gasteiger partial charge in [-0.2, -0.15) is 0 Å². The Morgan fingerprint density at radius 1 is 1.25 bits per heavy atom. The summed E-state index contributed by atoms with van der Waals surface area (Å²) in [7, 11) is 0. The fraction of sp³-hybridized carbons (Fsp3) is 0.571. The summed E-state index contributed by atoms with van der Waals surface area (Å²) in [6.07, 6.45) is 3.08. The molecule has 0 spiro atoms. The molecule has 0 saturated carbocycles. The maximum Gasteiger partial charge on any atom is 0.256 e. The van der Waals surface area contributed by atoms with Crippen LogP contribution < -0.4 is 10.6 Å². The van der Waals surface area contributed by atoms with Crippen LogP contribution in [0.3, 0.4) is 0 Å². The molecule has 2 aliphatic heterocycles. The Kier molecular flexibility index (Phi) is 6.03. The van der Waals surface area contributed by atoms with Crippen LogP contribution in [0, 0.1) is 0 Å². The molecule has 152 valence electrons. The number of hydrogen-bond donors (Lipinski definition) is 2. The van der Waals surface area contributed by atoms with E-state index in [2.05, 4.69) is 17.6 Å². The van der Waals surface area contributed by atoms with E-state index in [1.54, 1.807) is 23.6 Å². The van der Waals surface area contributed by atoms with Gasteiger partial charge >= 0.3 is 0 Å². The summed E-state index contributed by atoms with van der Waals surface area (Å²) in [4.78, 5) is 40.0. The Morgan fingerprint density at radius 2 is 1.96 bits per heavy atom. The molecule has 1 saturated heterocycles. The fourth-order valence-corrected chi connectivity index (χ4v) is 5.49. The molecule has 0 aliphatic carbocycles. The molecule has 2 aliphatic rings. The number of nitrogens with one attached hydrogen (secondary N) is 2. The summed E-state index contributed by atoms with van der Waals surface area (Å²) in [5.41, 5.74) is 1.62. The predicted molar refractivity (Wildman–Crippen MR) is 111 cm³/mol. The first-order valence-corrected chi connectivity index (χ1v) is 10.8. The third kappa shape index (κ3) is 3.77. The molecule has 2 N–H and O–H groups in total. The lowest BCUT2D eigenvalue weighted by atomic mass is 10.0. The molecule has 1 aromatic rings. The van der Waals surface area contributed by atoms with Crippen molar-refractivity contribution >= 4 is 29.5 Å². The van der Waals surface area contributed by atoms with Crippen molar-refractivity contribution in [3.05, 3.63) is 35.4 Å². The van der Waals surface area contributed by atoms with Crippen molar-refractivity contribution in [3.63, 3.8) is 0 Å². The summed E-state index contributed by atoms with van der Waals surface area (Å²) >= 11 is 1.62. The molecule has 28 heavy (non-hydrogen) atoms. The molecule has 0 radical (unpaired) electrons. The van der Waals surface area contributed by atoms with Crippen LogP contribution in [0.15, 0.2) is 24.3 Å². The highest BCUT2D eigenvalue weighted by atomic mass is 32.2. The maximum absolute atomic E-state index is 13.1. The molecule has 0 bridgehead atoms. The van der Waals surface area contributed by atoms with E-state index >= 15 is 0 Å².